The summed E-state index contributed by atoms with van der Waals surface area (Å²) in [5, 5.41) is 12.4. The summed E-state index contributed by atoms with van der Waals surface area (Å²) in [5.74, 6) is 0.747. The summed E-state index contributed by atoms with van der Waals surface area (Å²) >= 11 is 0. The lowest BCUT2D eigenvalue weighted by atomic mass is 9.97. The second kappa shape index (κ2) is 5.72. The van der Waals surface area contributed by atoms with Crippen molar-refractivity contribution < 1.29 is 14.7 Å². The van der Waals surface area contributed by atoms with Crippen molar-refractivity contribution in [3.05, 3.63) is 0 Å². The second-order valence-corrected chi connectivity index (χ2v) is 6.57. The maximum absolute atomic E-state index is 12.2. The number of hydrogen-bond donors (Lipinski definition) is 2. The van der Waals surface area contributed by atoms with E-state index in [9.17, 15) is 9.59 Å². The van der Waals surface area contributed by atoms with Crippen molar-refractivity contribution in [1.29, 1.82) is 0 Å². The van der Waals surface area contributed by atoms with Gasteiger partial charge in [-0.05, 0) is 50.4 Å². The number of carbonyl (C=O) groups excluding carboxylic acids is 1. The molecule has 20 heavy (non-hydrogen) atoms. The number of aliphatic carboxylic acids is 1. The number of nitrogens with one attached hydrogen (secondary N) is 1. The third-order valence-electron chi connectivity index (χ3n) is 4.95. The molecule has 2 saturated carbocycles. The minimum absolute atomic E-state index is 0.139. The summed E-state index contributed by atoms with van der Waals surface area (Å²) in [4.78, 5) is 24.9. The lowest BCUT2D eigenvalue weighted by molar-refractivity contribution is -0.145. The summed E-state index contributed by atoms with van der Waals surface area (Å²) in [6.07, 6.45) is 6.43. The number of rotatable bonds is 6. The van der Waals surface area contributed by atoms with E-state index in [0.717, 1.165) is 11.8 Å². The van der Waals surface area contributed by atoms with Gasteiger partial charge in [0.2, 0.25) is 5.91 Å². The molecule has 0 aromatic heterocycles. The Bertz CT molecular complexity index is 371. The summed E-state index contributed by atoms with van der Waals surface area (Å²) in [6, 6.07) is 0.551. The normalized spacial score (nSPS) is 24.1. The zero-order valence-electron chi connectivity index (χ0n) is 11.9. The van der Waals surface area contributed by atoms with Crippen LogP contribution in [0.2, 0.25) is 0 Å². The van der Waals surface area contributed by atoms with E-state index in [0.29, 0.717) is 38.5 Å². The van der Waals surface area contributed by atoms with Gasteiger partial charge in [-0.2, -0.15) is 0 Å². The van der Waals surface area contributed by atoms with Gasteiger partial charge in [0.05, 0.1) is 12.5 Å². The number of carboxylic acids is 1. The Morgan fingerprint density at radius 2 is 1.60 bits per heavy atom. The van der Waals surface area contributed by atoms with E-state index in [1.54, 1.807) is 0 Å². The topological polar surface area (TPSA) is 69.6 Å². The first-order valence-electron chi connectivity index (χ1n) is 7.89. The van der Waals surface area contributed by atoms with E-state index in [1.807, 2.05) is 4.90 Å². The highest BCUT2D eigenvalue weighted by atomic mass is 16.4. The summed E-state index contributed by atoms with van der Waals surface area (Å²) in [7, 11) is 0. The van der Waals surface area contributed by atoms with Crippen LogP contribution in [0.5, 0.6) is 0 Å². The molecule has 112 valence electrons. The fraction of sp³-hybridized carbons (Fsp3) is 0.867. The molecule has 2 N–H and O–H groups in total. The Morgan fingerprint density at radius 3 is 2.05 bits per heavy atom. The number of likely N-dealkylation sites (tertiary alicyclic amines) is 1. The number of piperidine rings is 1. The van der Waals surface area contributed by atoms with Gasteiger partial charge in [0.15, 0.2) is 0 Å². The van der Waals surface area contributed by atoms with Crippen LogP contribution in [0.25, 0.3) is 0 Å². The lowest BCUT2D eigenvalue weighted by Gasteiger charge is -2.31. The van der Waals surface area contributed by atoms with Crippen molar-refractivity contribution in [3.8, 4) is 0 Å². The average molecular weight is 280 g/mol. The van der Waals surface area contributed by atoms with Gasteiger partial charge in [-0.1, -0.05) is 0 Å². The third-order valence-corrected chi connectivity index (χ3v) is 4.95. The predicted molar refractivity (Wildman–Crippen MR) is 74.2 cm³/mol. The molecule has 3 fully saturated rings. The first-order chi connectivity index (χ1) is 9.65. The Balaban J connectivity index is 1.41. The number of nitrogens with zero attached hydrogens (tertiary/aromatic N) is 1. The van der Waals surface area contributed by atoms with Crippen LogP contribution in [0, 0.1) is 17.8 Å². The van der Waals surface area contributed by atoms with Gasteiger partial charge in [0.25, 0.3) is 0 Å². The average Bonchev–Trinajstić information content (AvgIpc) is 3.32. The Morgan fingerprint density at radius 1 is 1.05 bits per heavy atom. The minimum atomic E-state index is -0.724. The number of carbonyl (C=O) groups is 2. The molecule has 0 unspecified atom stereocenters. The van der Waals surface area contributed by atoms with E-state index < -0.39 is 5.97 Å². The van der Waals surface area contributed by atoms with Crippen LogP contribution in [0.3, 0.4) is 0 Å². The van der Waals surface area contributed by atoms with Gasteiger partial charge >= 0.3 is 5.97 Å². The van der Waals surface area contributed by atoms with Crippen molar-refractivity contribution >= 4 is 11.9 Å². The van der Waals surface area contributed by atoms with E-state index in [4.69, 9.17) is 5.11 Å². The minimum Gasteiger partial charge on any atom is -0.481 e. The molecule has 0 spiro atoms. The molecule has 5 heteroatoms. The van der Waals surface area contributed by atoms with E-state index >= 15 is 0 Å². The molecule has 0 aromatic carbocycles. The predicted octanol–water partition coefficient (Wildman–Crippen LogP) is 1.09. The fourth-order valence-electron chi connectivity index (χ4n) is 3.32. The van der Waals surface area contributed by atoms with E-state index in [1.165, 1.54) is 25.7 Å². The lowest BCUT2D eigenvalue weighted by Crippen LogP contribution is -2.46. The number of carboxylic acid groups (broad SMARTS) is 1. The molecule has 0 bridgehead atoms. The van der Waals surface area contributed by atoms with Crippen LogP contribution in [0.1, 0.15) is 38.5 Å². The summed E-state index contributed by atoms with van der Waals surface area (Å²) < 4.78 is 0. The number of amides is 1. The second-order valence-electron chi connectivity index (χ2n) is 6.57. The standard InChI is InChI=1S/C15H24N2O3/c18-13(17-7-5-12(6-8-17)15(19)20)9-16-14(10-1-2-10)11-3-4-11/h10-12,14,16H,1-9H2,(H,19,20). The first kappa shape index (κ1) is 13.9. The van der Waals surface area contributed by atoms with Gasteiger partial charge in [-0.25, -0.2) is 0 Å². The Kier molecular flexibility index (Phi) is 3.96. The monoisotopic (exact) mass is 280 g/mol. The van der Waals surface area contributed by atoms with Crippen LogP contribution in [-0.4, -0.2) is 47.6 Å². The highest BCUT2D eigenvalue weighted by molar-refractivity contribution is 5.79. The molecule has 0 radical (unpaired) electrons. The molecule has 3 rings (SSSR count). The zero-order valence-corrected chi connectivity index (χ0v) is 11.9. The summed E-state index contributed by atoms with van der Waals surface area (Å²) in [6.45, 7) is 1.61. The van der Waals surface area contributed by atoms with Gasteiger partial charge < -0.3 is 15.3 Å². The van der Waals surface area contributed by atoms with Crippen LogP contribution >= 0.6 is 0 Å². The van der Waals surface area contributed by atoms with Crippen molar-refractivity contribution in [1.82, 2.24) is 10.2 Å². The van der Waals surface area contributed by atoms with Crippen molar-refractivity contribution in [2.75, 3.05) is 19.6 Å². The Labute approximate surface area is 119 Å². The highest BCUT2D eigenvalue weighted by Crippen LogP contribution is 2.44. The molecule has 1 heterocycles. The van der Waals surface area contributed by atoms with Crippen LogP contribution in [0.15, 0.2) is 0 Å². The molecule has 1 aliphatic heterocycles. The van der Waals surface area contributed by atoms with Gasteiger partial charge in [0.1, 0.15) is 0 Å². The van der Waals surface area contributed by atoms with Gasteiger partial charge in [-0.15, -0.1) is 0 Å². The fourth-order valence-corrected chi connectivity index (χ4v) is 3.32. The molecule has 1 amide bonds. The highest BCUT2D eigenvalue weighted by Gasteiger charge is 2.41. The van der Waals surface area contributed by atoms with Crippen molar-refractivity contribution in [3.63, 3.8) is 0 Å². The maximum Gasteiger partial charge on any atom is 0.306 e. The van der Waals surface area contributed by atoms with Crippen molar-refractivity contribution in [2.24, 2.45) is 17.8 Å². The quantitative estimate of drug-likeness (QED) is 0.764. The molecular formula is C15H24N2O3. The third kappa shape index (κ3) is 3.32. The van der Waals surface area contributed by atoms with Crippen molar-refractivity contribution in [2.45, 2.75) is 44.6 Å². The largest absolute Gasteiger partial charge is 0.481 e. The van der Waals surface area contributed by atoms with E-state index in [-0.39, 0.29) is 11.8 Å². The smallest absolute Gasteiger partial charge is 0.306 e. The van der Waals surface area contributed by atoms with Crippen LogP contribution < -0.4 is 5.32 Å². The molecule has 0 aromatic rings. The molecule has 1 saturated heterocycles. The van der Waals surface area contributed by atoms with Crippen LogP contribution in [-0.2, 0) is 9.59 Å². The number of hydrogen-bond acceptors (Lipinski definition) is 3. The molecule has 0 atom stereocenters. The first-order valence-corrected chi connectivity index (χ1v) is 7.89. The van der Waals surface area contributed by atoms with E-state index in [2.05, 4.69) is 5.32 Å². The molecular weight excluding hydrogens is 256 g/mol. The van der Waals surface area contributed by atoms with Crippen LogP contribution in [0.4, 0.5) is 0 Å². The Hall–Kier alpha value is -1.10. The molecule has 2 aliphatic carbocycles. The summed E-state index contributed by atoms with van der Waals surface area (Å²) in [5.41, 5.74) is 0. The van der Waals surface area contributed by atoms with Gasteiger partial charge in [-0.3, -0.25) is 9.59 Å². The zero-order chi connectivity index (χ0) is 14.1. The molecule has 3 aliphatic rings. The molecule has 5 nitrogen and oxygen atoms in total. The SMILES string of the molecule is O=C(O)C1CCN(C(=O)CNC(C2CC2)C2CC2)CC1. The van der Waals surface area contributed by atoms with Gasteiger partial charge in [0, 0.05) is 19.1 Å². The maximum atomic E-state index is 12.2.